The van der Waals surface area contributed by atoms with E-state index in [4.69, 9.17) is 9.26 Å². The van der Waals surface area contributed by atoms with E-state index in [0.717, 1.165) is 27.7 Å². The number of nitrogens with zero attached hydrogens (tertiary/aromatic N) is 1. The van der Waals surface area contributed by atoms with Crippen LogP contribution in [0, 0.1) is 13.8 Å². The number of amides is 1. The molecule has 6 heteroatoms. The number of rotatable bonds is 7. The average Bonchev–Trinajstić information content (AvgIpc) is 3.12. The number of para-hydroxylation sites is 1. The standard InChI is InChI=1S/C25H22N2O3S/c1-17-23(18(2)30-27-17)16-31-24-11-7-6-10-22(24)25(28)26-19-12-14-21(15-13-19)29-20-8-4-3-5-9-20/h3-15H,16H2,1-2H3,(H,26,28). The van der Waals surface area contributed by atoms with Gasteiger partial charge in [0.05, 0.1) is 11.3 Å². The second kappa shape index (κ2) is 9.53. The van der Waals surface area contributed by atoms with Crippen LogP contribution in [-0.2, 0) is 5.75 Å². The predicted molar refractivity (Wildman–Crippen MR) is 123 cm³/mol. The highest BCUT2D eigenvalue weighted by Crippen LogP contribution is 2.29. The fraction of sp³-hybridized carbons (Fsp3) is 0.120. The fourth-order valence-electron chi connectivity index (χ4n) is 3.07. The first-order chi connectivity index (χ1) is 15.1. The van der Waals surface area contributed by atoms with E-state index >= 15 is 0 Å². The summed E-state index contributed by atoms with van der Waals surface area (Å²) in [4.78, 5) is 13.8. The molecule has 1 heterocycles. The van der Waals surface area contributed by atoms with Gasteiger partial charge in [0.15, 0.2) is 0 Å². The molecule has 5 nitrogen and oxygen atoms in total. The van der Waals surface area contributed by atoms with Crippen LogP contribution in [-0.4, -0.2) is 11.1 Å². The zero-order valence-corrected chi connectivity index (χ0v) is 18.1. The predicted octanol–water partition coefficient (Wildman–Crippen LogP) is 6.63. The normalized spacial score (nSPS) is 10.6. The summed E-state index contributed by atoms with van der Waals surface area (Å²) in [5, 5.41) is 6.96. The van der Waals surface area contributed by atoms with E-state index in [9.17, 15) is 4.79 Å². The first kappa shape index (κ1) is 20.8. The molecular formula is C25H22N2O3S. The second-order valence-corrected chi connectivity index (χ2v) is 8.00. The Morgan fingerprint density at radius 2 is 1.61 bits per heavy atom. The molecule has 0 saturated heterocycles. The van der Waals surface area contributed by atoms with Crippen molar-refractivity contribution in [3.63, 3.8) is 0 Å². The Hall–Kier alpha value is -3.51. The molecule has 0 fully saturated rings. The Kier molecular flexibility index (Phi) is 6.38. The monoisotopic (exact) mass is 430 g/mol. The number of benzene rings is 3. The lowest BCUT2D eigenvalue weighted by Gasteiger charge is -2.11. The highest BCUT2D eigenvalue weighted by Gasteiger charge is 2.14. The largest absolute Gasteiger partial charge is 0.457 e. The van der Waals surface area contributed by atoms with Crippen LogP contribution in [0.3, 0.4) is 0 Å². The van der Waals surface area contributed by atoms with Crippen molar-refractivity contribution in [2.24, 2.45) is 0 Å². The van der Waals surface area contributed by atoms with Gasteiger partial charge in [0, 0.05) is 21.9 Å². The molecule has 0 aliphatic carbocycles. The van der Waals surface area contributed by atoms with Crippen molar-refractivity contribution >= 4 is 23.4 Å². The number of aromatic nitrogens is 1. The van der Waals surface area contributed by atoms with Crippen LogP contribution >= 0.6 is 11.8 Å². The minimum Gasteiger partial charge on any atom is -0.457 e. The molecule has 156 valence electrons. The number of anilines is 1. The SMILES string of the molecule is Cc1noc(C)c1CSc1ccccc1C(=O)Nc1ccc(Oc2ccccc2)cc1. The highest BCUT2D eigenvalue weighted by atomic mass is 32.2. The summed E-state index contributed by atoms with van der Waals surface area (Å²) in [6.07, 6.45) is 0. The maximum atomic E-state index is 12.9. The molecule has 3 aromatic carbocycles. The number of carbonyl (C=O) groups is 1. The molecule has 0 bridgehead atoms. The quantitative estimate of drug-likeness (QED) is 0.333. The van der Waals surface area contributed by atoms with Gasteiger partial charge in [-0.2, -0.15) is 0 Å². The minimum absolute atomic E-state index is 0.154. The number of aryl methyl sites for hydroxylation is 2. The van der Waals surface area contributed by atoms with Gasteiger partial charge in [-0.1, -0.05) is 35.5 Å². The van der Waals surface area contributed by atoms with Crippen LogP contribution in [0.4, 0.5) is 5.69 Å². The van der Waals surface area contributed by atoms with Gasteiger partial charge in [-0.3, -0.25) is 4.79 Å². The van der Waals surface area contributed by atoms with Crippen molar-refractivity contribution in [1.29, 1.82) is 0 Å². The van der Waals surface area contributed by atoms with E-state index in [1.807, 2.05) is 92.7 Å². The molecule has 0 atom stereocenters. The Bertz CT molecular complexity index is 1150. The Labute approximate surface area is 185 Å². The van der Waals surface area contributed by atoms with E-state index in [2.05, 4.69) is 10.5 Å². The molecule has 0 saturated carbocycles. The maximum absolute atomic E-state index is 12.9. The smallest absolute Gasteiger partial charge is 0.256 e. The minimum atomic E-state index is -0.154. The second-order valence-electron chi connectivity index (χ2n) is 6.98. The Morgan fingerprint density at radius 1 is 0.935 bits per heavy atom. The van der Waals surface area contributed by atoms with E-state index < -0.39 is 0 Å². The third kappa shape index (κ3) is 5.16. The van der Waals surface area contributed by atoms with Gasteiger partial charge in [-0.15, -0.1) is 11.8 Å². The van der Waals surface area contributed by atoms with Gasteiger partial charge in [0.2, 0.25) is 0 Å². The molecule has 31 heavy (non-hydrogen) atoms. The highest BCUT2D eigenvalue weighted by molar-refractivity contribution is 7.98. The Balaban J connectivity index is 1.43. The van der Waals surface area contributed by atoms with Crippen molar-refractivity contribution in [3.8, 4) is 11.5 Å². The summed E-state index contributed by atoms with van der Waals surface area (Å²) in [5.74, 6) is 2.82. The summed E-state index contributed by atoms with van der Waals surface area (Å²) >= 11 is 1.59. The molecule has 0 spiro atoms. The van der Waals surface area contributed by atoms with Crippen LogP contribution in [0.1, 0.15) is 27.4 Å². The fourth-order valence-corrected chi connectivity index (χ4v) is 4.27. The molecule has 0 radical (unpaired) electrons. The van der Waals surface area contributed by atoms with E-state index in [1.54, 1.807) is 11.8 Å². The van der Waals surface area contributed by atoms with E-state index in [0.29, 0.717) is 22.8 Å². The molecule has 1 N–H and O–H groups in total. The lowest BCUT2D eigenvalue weighted by Crippen LogP contribution is -2.12. The van der Waals surface area contributed by atoms with Crippen LogP contribution < -0.4 is 10.1 Å². The van der Waals surface area contributed by atoms with Crippen LogP contribution in [0.2, 0.25) is 0 Å². The molecule has 0 aliphatic rings. The van der Waals surface area contributed by atoms with Crippen LogP contribution in [0.15, 0.2) is 88.3 Å². The molecule has 0 unspecified atom stereocenters. The number of thioether (sulfide) groups is 1. The third-order valence-electron chi connectivity index (χ3n) is 4.78. The Morgan fingerprint density at radius 3 is 2.32 bits per heavy atom. The van der Waals surface area contributed by atoms with Crippen LogP contribution in [0.25, 0.3) is 0 Å². The van der Waals surface area contributed by atoms with E-state index in [1.165, 1.54) is 0 Å². The van der Waals surface area contributed by atoms with Crippen molar-refractivity contribution < 1.29 is 14.1 Å². The first-order valence-electron chi connectivity index (χ1n) is 9.88. The topological polar surface area (TPSA) is 64.4 Å². The lowest BCUT2D eigenvalue weighted by molar-refractivity contribution is 0.102. The number of ether oxygens (including phenoxy) is 1. The van der Waals surface area contributed by atoms with Crippen molar-refractivity contribution in [3.05, 3.63) is 101 Å². The third-order valence-corrected chi connectivity index (χ3v) is 5.88. The zero-order chi connectivity index (χ0) is 21.6. The molecular weight excluding hydrogens is 408 g/mol. The van der Waals surface area contributed by atoms with Gasteiger partial charge in [-0.25, -0.2) is 0 Å². The van der Waals surface area contributed by atoms with Crippen molar-refractivity contribution in [1.82, 2.24) is 5.16 Å². The summed E-state index contributed by atoms with van der Waals surface area (Å²) in [6, 6.07) is 24.5. The van der Waals surface area contributed by atoms with Gasteiger partial charge in [0.1, 0.15) is 17.3 Å². The lowest BCUT2D eigenvalue weighted by atomic mass is 10.2. The summed E-state index contributed by atoms with van der Waals surface area (Å²) in [6.45, 7) is 3.83. The summed E-state index contributed by atoms with van der Waals surface area (Å²) in [7, 11) is 0. The summed E-state index contributed by atoms with van der Waals surface area (Å²) < 4.78 is 11.0. The molecule has 0 aliphatic heterocycles. The average molecular weight is 431 g/mol. The van der Waals surface area contributed by atoms with Gasteiger partial charge in [-0.05, 0) is 62.4 Å². The maximum Gasteiger partial charge on any atom is 0.256 e. The number of hydrogen-bond donors (Lipinski definition) is 1. The zero-order valence-electron chi connectivity index (χ0n) is 17.3. The number of nitrogens with one attached hydrogen (secondary N) is 1. The number of carbonyl (C=O) groups excluding carboxylic acids is 1. The molecule has 4 aromatic rings. The van der Waals surface area contributed by atoms with Crippen molar-refractivity contribution in [2.75, 3.05) is 5.32 Å². The van der Waals surface area contributed by atoms with Gasteiger partial charge < -0.3 is 14.6 Å². The molecule has 1 amide bonds. The van der Waals surface area contributed by atoms with Gasteiger partial charge in [0.25, 0.3) is 5.91 Å². The van der Waals surface area contributed by atoms with E-state index in [-0.39, 0.29) is 5.91 Å². The summed E-state index contributed by atoms with van der Waals surface area (Å²) in [5.41, 5.74) is 3.28. The van der Waals surface area contributed by atoms with Gasteiger partial charge >= 0.3 is 0 Å². The first-order valence-corrected chi connectivity index (χ1v) is 10.9. The van der Waals surface area contributed by atoms with Crippen LogP contribution in [0.5, 0.6) is 11.5 Å². The van der Waals surface area contributed by atoms with Crippen molar-refractivity contribution in [2.45, 2.75) is 24.5 Å². The molecule has 1 aromatic heterocycles. The number of hydrogen-bond acceptors (Lipinski definition) is 5. The molecule has 4 rings (SSSR count).